The summed E-state index contributed by atoms with van der Waals surface area (Å²) in [7, 11) is -3.30. The van der Waals surface area contributed by atoms with Crippen LogP contribution in [-0.4, -0.2) is 19.2 Å². The van der Waals surface area contributed by atoms with Crippen LogP contribution >= 0.6 is 0 Å². The van der Waals surface area contributed by atoms with Crippen molar-refractivity contribution >= 4 is 26.6 Å². The summed E-state index contributed by atoms with van der Waals surface area (Å²) in [6, 6.07) is 18.9. The van der Waals surface area contributed by atoms with Gasteiger partial charge in [0, 0.05) is 11.1 Å². The van der Waals surface area contributed by atoms with Gasteiger partial charge < -0.3 is 4.74 Å². The molecular formula is C21H24N2O3S. The zero-order valence-electron chi connectivity index (χ0n) is 15.6. The maximum Gasteiger partial charge on any atom is 0.232 e. The van der Waals surface area contributed by atoms with E-state index in [2.05, 4.69) is 9.71 Å². The Labute approximate surface area is 160 Å². The molecule has 1 heterocycles. The molecule has 2 aromatic carbocycles. The highest BCUT2D eigenvalue weighted by Gasteiger charge is 2.12. The van der Waals surface area contributed by atoms with Gasteiger partial charge in [-0.25, -0.2) is 13.4 Å². The number of anilines is 1. The second-order valence-electron chi connectivity index (χ2n) is 6.49. The number of nitrogens with zero attached hydrogens (tertiary/aromatic N) is 1. The van der Waals surface area contributed by atoms with Crippen molar-refractivity contribution in [2.45, 2.75) is 32.8 Å². The van der Waals surface area contributed by atoms with Crippen molar-refractivity contribution < 1.29 is 13.2 Å². The average Bonchev–Trinajstić information content (AvgIpc) is 2.67. The number of sulfonamides is 1. The highest BCUT2D eigenvalue weighted by Crippen LogP contribution is 2.24. The molecule has 0 saturated carbocycles. The van der Waals surface area contributed by atoms with Crippen LogP contribution in [0.5, 0.6) is 5.75 Å². The molecule has 0 amide bonds. The average molecular weight is 385 g/mol. The van der Waals surface area contributed by atoms with Gasteiger partial charge in [-0.1, -0.05) is 37.6 Å². The van der Waals surface area contributed by atoms with E-state index in [0.717, 1.165) is 23.0 Å². The minimum Gasteiger partial charge on any atom is -0.484 e. The lowest BCUT2D eigenvalue weighted by Crippen LogP contribution is -2.16. The summed E-state index contributed by atoms with van der Waals surface area (Å²) in [5.74, 6) is 0.792. The molecule has 27 heavy (non-hydrogen) atoms. The third-order valence-electron chi connectivity index (χ3n) is 4.24. The summed E-state index contributed by atoms with van der Waals surface area (Å²) >= 11 is 0. The molecule has 5 nitrogen and oxygen atoms in total. The van der Waals surface area contributed by atoms with Gasteiger partial charge in [0.25, 0.3) is 0 Å². The molecule has 6 heteroatoms. The lowest BCUT2D eigenvalue weighted by atomic mass is 10.1. The number of aromatic nitrogens is 1. The third kappa shape index (κ3) is 5.20. The number of ether oxygens (including phenoxy) is 1. The first kappa shape index (κ1) is 19.2. The summed E-state index contributed by atoms with van der Waals surface area (Å²) < 4.78 is 32.5. The van der Waals surface area contributed by atoms with E-state index in [1.807, 2.05) is 50.2 Å². The van der Waals surface area contributed by atoms with E-state index in [1.54, 1.807) is 24.3 Å². The molecule has 0 aliphatic heterocycles. The number of hydrogen-bond acceptors (Lipinski definition) is 4. The van der Waals surface area contributed by atoms with Crippen LogP contribution in [-0.2, 0) is 10.0 Å². The molecule has 0 aliphatic rings. The fourth-order valence-corrected chi connectivity index (χ4v) is 4.01. The highest BCUT2D eigenvalue weighted by atomic mass is 32.2. The smallest absolute Gasteiger partial charge is 0.232 e. The first-order valence-electron chi connectivity index (χ1n) is 9.10. The van der Waals surface area contributed by atoms with Gasteiger partial charge in [-0.15, -0.1) is 0 Å². The van der Waals surface area contributed by atoms with Crippen LogP contribution in [0.4, 0.5) is 5.69 Å². The Morgan fingerprint density at radius 2 is 1.78 bits per heavy atom. The lowest BCUT2D eigenvalue weighted by Gasteiger charge is -2.15. The van der Waals surface area contributed by atoms with Crippen LogP contribution in [0.2, 0.25) is 0 Å². The summed E-state index contributed by atoms with van der Waals surface area (Å²) in [5, 5.41) is 1.09. The number of para-hydroxylation sites is 1. The van der Waals surface area contributed by atoms with Crippen molar-refractivity contribution in [3.63, 3.8) is 0 Å². The van der Waals surface area contributed by atoms with Crippen molar-refractivity contribution in [2.75, 3.05) is 10.5 Å². The minimum absolute atomic E-state index is 0.131. The predicted octanol–water partition coefficient (Wildman–Crippen LogP) is 4.92. The Morgan fingerprint density at radius 3 is 2.52 bits per heavy atom. The standard InChI is InChI=1S/C21H24N2O3S/c1-3-4-15-27(24,25)23-18-10-12-19(13-11-18)26-16(2)20-14-9-17-7-5-6-8-21(17)22-20/h5-14,16,23H,3-4,15H2,1-2H3. The van der Waals surface area contributed by atoms with Gasteiger partial charge >= 0.3 is 0 Å². The Bertz CT molecular complexity index is 1000. The van der Waals surface area contributed by atoms with Gasteiger partial charge in [0.1, 0.15) is 11.9 Å². The topological polar surface area (TPSA) is 68.3 Å². The highest BCUT2D eigenvalue weighted by molar-refractivity contribution is 7.92. The van der Waals surface area contributed by atoms with E-state index in [0.29, 0.717) is 17.9 Å². The van der Waals surface area contributed by atoms with E-state index in [4.69, 9.17) is 4.74 Å². The first-order valence-corrected chi connectivity index (χ1v) is 10.7. The van der Waals surface area contributed by atoms with Crippen LogP contribution < -0.4 is 9.46 Å². The molecule has 1 atom stereocenters. The molecule has 0 saturated heterocycles. The number of rotatable bonds is 8. The monoisotopic (exact) mass is 384 g/mol. The van der Waals surface area contributed by atoms with Gasteiger partial charge in [-0.3, -0.25) is 4.72 Å². The fraction of sp³-hybridized carbons (Fsp3) is 0.286. The van der Waals surface area contributed by atoms with Crippen LogP contribution in [0.1, 0.15) is 38.5 Å². The molecule has 3 rings (SSSR count). The van der Waals surface area contributed by atoms with Crippen molar-refractivity contribution in [3.8, 4) is 5.75 Å². The van der Waals surface area contributed by atoms with E-state index in [-0.39, 0.29) is 11.9 Å². The summed E-state index contributed by atoms with van der Waals surface area (Å²) in [5.41, 5.74) is 2.32. The summed E-state index contributed by atoms with van der Waals surface area (Å²) in [6.45, 7) is 3.91. The Kier molecular flexibility index (Phi) is 5.96. The van der Waals surface area contributed by atoms with Gasteiger partial charge in [0.15, 0.2) is 0 Å². The molecule has 1 aromatic heterocycles. The van der Waals surface area contributed by atoms with Crippen LogP contribution in [0, 0.1) is 0 Å². The molecule has 142 valence electrons. The largest absolute Gasteiger partial charge is 0.484 e. The molecule has 0 spiro atoms. The van der Waals surface area contributed by atoms with Gasteiger partial charge in [-0.05, 0) is 49.7 Å². The van der Waals surface area contributed by atoms with Crippen molar-refractivity contribution in [3.05, 3.63) is 66.4 Å². The van der Waals surface area contributed by atoms with Gasteiger partial charge in [0.2, 0.25) is 10.0 Å². The van der Waals surface area contributed by atoms with Crippen molar-refractivity contribution in [1.29, 1.82) is 0 Å². The molecule has 0 aliphatic carbocycles. The molecule has 1 unspecified atom stereocenters. The predicted molar refractivity (Wildman–Crippen MR) is 110 cm³/mol. The van der Waals surface area contributed by atoms with E-state index in [9.17, 15) is 8.42 Å². The Morgan fingerprint density at radius 1 is 1.04 bits per heavy atom. The van der Waals surface area contributed by atoms with Crippen molar-refractivity contribution in [2.24, 2.45) is 0 Å². The summed E-state index contributed by atoms with van der Waals surface area (Å²) in [6.07, 6.45) is 1.27. The van der Waals surface area contributed by atoms with Crippen molar-refractivity contribution in [1.82, 2.24) is 4.98 Å². The minimum atomic E-state index is -3.30. The Hall–Kier alpha value is -2.60. The third-order valence-corrected chi connectivity index (χ3v) is 5.62. The fourth-order valence-electron chi connectivity index (χ4n) is 2.74. The van der Waals surface area contributed by atoms with Gasteiger partial charge in [0.05, 0.1) is 17.0 Å². The van der Waals surface area contributed by atoms with Gasteiger partial charge in [-0.2, -0.15) is 0 Å². The maximum atomic E-state index is 12.0. The first-order chi connectivity index (χ1) is 13.0. The van der Waals surface area contributed by atoms with E-state index >= 15 is 0 Å². The number of pyridine rings is 1. The zero-order chi connectivity index (χ0) is 19.3. The van der Waals surface area contributed by atoms with E-state index in [1.165, 1.54) is 0 Å². The Balaban J connectivity index is 1.66. The van der Waals surface area contributed by atoms with Crippen LogP contribution in [0.25, 0.3) is 10.9 Å². The zero-order valence-corrected chi connectivity index (χ0v) is 16.4. The number of benzene rings is 2. The molecule has 0 bridgehead atoms. The second-order valence-corrected chi connectivity index (χ2v) is 8.33. The summed E-state index contributed by atoms with van der Waals surface area (Å²) in [4.78, 5) is 4.65. The normalized spacial score (nSPS) is 12.7. The molecular weight excluding hydrogens is 360 g/mol. The SMILES string of the molecule is CCCCS(=O)(=O)Nc1ccc(OC(C)c2ccc3ccccc3n2)cc1. The molecule has 1 N–H and O–H groups in total. The molecule has 0 radical (unpaired) electrons. The number of nitrogens with one attached hydrogen (secondary N) is 1. The molecule has 3 aromatic rings. The number of hydrogen-bond donors (Lipinski definition) is 1. The second kappa shape index (κ2) is 8.39. The van der Waals surface area contributed by atoms with E-state index < -0.39 is 10.0 Å². The molecule has 0 fully saturated rings. The number of fused-ring (bicyclic) bond motifs is 1. The number of unbranched alkanes of at least 4 members (excludes halogenated alkanes) is 1. The van der Waals surface area contributed by atoms with Crippen LogP contribution in [0.15, 0.2) is 60.7 Å². The lowest BCUT2D eigenvalue weighted by molar-refractivity contribution is 0.222. The quantitative estimate of drug-likeness (QED) is 0.599. The maximum absolute atomic E-state index is 12.0. The van der Waals surface area contributed by atoms with Crippen LogP contribution in [0.3, 0.4) is 0 Å².